The maximum atomic E-state index is 13.4. The van der Waals surface area contributed by atoms with Gasteiger partial charge < -0.3 is 19.7 Å². The highest BCUT2D eigenvalue weighted by Crippen LogP contribution is 2.30. The topological polar surface area (TPSA) is 85.7 Å². The molecule has 0 saturated carbocycles. The van der Waals surface area contributed by atoms with Gasteiger partial charge in [0.2, 0.25) is 0 Å². The lowest BCUT2D eigenvalue weighted by Gasteiger charge is -2.29. The number of fused-ring (bicyclic) bond motifs is 1. The van der Waals surface area contributed by atoms with Gasteiger partial charge >= 0.3 is 5.97 Å². The molecule has 0 unspecified atom stereocenters. The molecule has 1 aliphatic heterocycles. The third kappa shape index (κ3) is 4.14. The highest BCUT2D eigenvalue weighted by Gasteiger charge is 2.28. The van der Waals surface area contributed by atoms with Crippen LogP contribution < -0.4 is 10.2 Å². The Kier molecular flexibility index (Phi) is 6.02. The zero-order chi connectivity index (χ0) is 23.7. The number of carbonyl (C=O) groups excluding carboxylic acids is 2. The first-order chi connectivity index (χ1) is 16.5. The Morgan fingerprint density at radius 2 is 1.79 bits per heavy atom. The summed E-state index contributed by atoms with van der Waals surface area (Å²) in [6.07, 6.45) is 2.43. The van der Waals surface area contributed by atoms with Crippen molar-refractivity contribution in [3.63, 3.8) is 0 Å². The van der Waals surface area contributed by atoms with Crippen molar-refractivity contribution in [2.24, 2.45) is 0 Å². The van der Waals surface area contributed by atoms with Crippen molar-refractivity contribution >= 4 is 23.3 Å². The van der Waals surface area contributed by atoms with Gasteiger partial charge in [0, 0.05) is 30.0 Å². The summed E-state index contributed by atoms with van der Waals surface area (Å²) in [5.41, 5.74) is 4.34. The van der Waals surface area contributed by atoms with Crippen LogP contribution in [0.5, 0.6) is 0 Å². The van der Waals surface area contributed by atoms with Crippen molar-refractivity contribution in [3.05, 3.63) is 70.8 Å². The van der Waals surface area contributed by atoms with Crippen molar-refractivity contribution in [2.45, 2.75) is 19.3 Å². The number of aromatic nitrogens is 2. The maximum Gasteiger partial charge on any atom is 0.340 e. The van der Waals surface area contributed by atoms with E-state index in [2.05, 4.69) is 15.3 Å². The second-order valence-electron chi connectivity index (χ2n) is 8.29. The molecule has 2 aliphatic rings. The Bertz CT molecular complexity index is 1230. The van der Waals surface area contributed by atoms with Crippen LogP contribution in [-0.4, -0.2) is 55.1 Å². The first-order valence-electron chi connectivity index (χ1n) is 11.3. The van der Waals surface area contributed by atoms with E-state index in [0.717, 1.165) is 49.3 Å². The number of anilines is 2. The van der Waals surface area contributed by atoms with E-state index < -0.39 is 11.9 Å². The molecule has 0 spiro atoms. The van der Waals surface area contributed by atoms with E-state index >= 15 is 0 Å². The van der Waals surface area contributed by atoms with Crippen LogP contribution in [0.3, 0.4) is 0 Å². The average molecular weight is 464 g/mol. The minimum Gasteiger partial charge on any atom is -0.465 e. The number of hydrogen-bond donors (Lipinski definition) is 1. The van der Waals surface area contributed by atoms with Gasteiger partial charge in [0.05, 0.1) is 37.3 Å². The lowest BCUT2D eigenvalue weighted by atomic mass is 10.1. The van der Waals surface area contributed by atoms with E-state index in [1.54, 1.807) is 28.9 Å². The minimum absolute atomic E-state index is 0.273. The van der Waals surface area contributed by atoms with Gasteiger partial charge in [0.1, 0.15) is 5.82 Å². The Morgan fingerprint density at radius 1 is 1.06 bits per heavy atom. The molecular formula is C25H25FN4O4. The Labute approximate surface area is 196 Å². The summed E-state index contributed by atoms with van der Waals surface area (Å²) in [7, 11) is 1.31. The van der Waals surface area contributed by atoms with Crippen LogP contribution in [-0.2, 0) is 22.3 Å². The Balaban J connectivity index is 1.46. The van der Waals surface area contributed by atoms with Gasteiger partial charge in [-0.2, -0.15) is 5.10 Å². The van der Waals surface area contributed by atoms with Crippen molar-refractivity contribution in [1.82, 2.24) is 9.78 Å². The number of rotatable bonds is 5. The lowest BCUT2D eigenvalue weighted by molar-refractivity contribution is 0.0602. The molecule has 0 atom stereocenters. The van der Waals surface area contributed by atoms with Crippen LogP contribution in [0.25, 0.3) is 5.69 Å². The van der Waals surface area contributed by atoms with Crippen molar-refractivity contribution in [1.29, 1.82) is 0 Å². The van der Waals surface area contributed by atoms with E-state index in [-0.39, 0.29) is 11.4 Å². The summed E-state index contributed by atoms with van der Waals surface area (Å²) in [5.74, 6) is -1.27. The number of methoxy groups -OCH3 is 1. The molecule has 34 heavy (non-hydrogen) atoms. The predicted octanol–water partition coefficient (Wildman–Crippen LogP) is 3.38. The highest BCUT2D eigenvalue weighted by molar-refractivity contribution is 6.08. The number of esters is 1. The van der Waals surface area contributed by atoms with Gasteiger partial charge in [-0.05, 0) is 61.7 Å². The smallest absolute Gasteiger partial charge is 0.340 e. The first kappa shape index (κ1) is 22.1. The van der Waals surface area contributed by atoms with Gasteiger partial charge in [-0.3, -0.25) is 4.79 Å². The summed E-state index contributed by atoms with van der Waals surface area (Å²) in [6.45, 7) is 2.68. The van der Waals surface area contributed by atoms with Crippen LogP contribution in [0.4, 0.5) is 15.8 Å². The van der Waals surface area contributed by atoms with Gasteiger partial charge in [-0.15, -0.1) is 0 Å². The van der Waals surface area contributed by atoms with E-state index in [1.807, 2.05) is 6.07 Å². The fraction of sp³-hybridized carbons (Fsp3) is 0.320. The number of morpholine rings is 1. The summed E-state index contributed by atoms with van der Waals surface area (Å²) in [5, 5.41) is 7.41. The highest BCUT2D eigenvalue weighted by atomic mass is 19.1. The third-order valence-corrected chi connectivity index (χ3v) is 6.25. The molecule has 8 nitrogen and oxygen atoms in total. The van der Waals surface area contributed by atoms with Gasteiger partial charge in [0.15, 0.2) is 5.69 Å². The molecule has 1 N–H and O–H groups in total. The molecule has 0 radical (unpaired) electrons. The molecule has 9 heteroatoms. The molecule has 5 rings (SSSR count). The van der Waals surface area contributed by atoms with Crippen LogP contribution in [0.15, 0.2) is 42.5 Å². The summed E-state index contributed by atoms with van der Waals surface area (Å²) in [6, 6.07) is 11.3. The number of amides is 1. The number of carbonyl (C=O) groups is 2. The fourth-order valence-electron chi connectivity index (χ4n) is 4.54. The number of nitrogens with one attached hydrogen (secondary N) is 1. The number of nitrogens with zero attached hydrogens (tertiary/aromatic N) is 3. The van der Waals surface area contributed by atoms with E-state index in [0.29, 0.717) is 30.3 Å². The van der Waals surface area contributed by atoms with Crippen LogP contribution >= 0.6 is 0 Å². The number of hydrogen-bond acceptors (Lipinski definition) is 6. The zero-order valence-electron chi connectivity index (χ0n) is 18.8. The van der Waals surface area contributed by atoms with Gasteiger partial charge in [0.25, 0.3) is 5.91 Å². The largest absolute Gasteiger partial charge is 0.465 e. The average Bonchev–Trinajstić information content (AvgIpc) is 3.48. The summed E-state index contributed by atoms with van der Waals surface area (Å²) in [4.78, 5) is 27.9. The second kappa shape index (κ2) is 9.26. The molecule has 1 saturated heterocycles. The molecule has 176 valence electrons. The second-order valence-corrected chi connectivity index (χ2v) is 8.29. The quantitative estimate of drug-likeness (QED) is 0.583. The zero-order valence-corrected chi connectivity index (χ0v) is 18.8. The molecule has 1 amide bonds. The lowest BCUT2D eigenvalue weighted by Crippen LogP contribution is -2.36. The van der Waals surface area contributed by atoms with Crippen molar-refractivity contribution < 1.29 is 23.5 Å². The Hall–Kier alpha value is -3.72. The van der Waals surface area contributed by atoms with E-state index in [9.17, 15) is 14.0 Å². The molecular weight excluding hydrogens is 439 g/mol. The van der Waals surface area contributed by atoms with Gasteiger partial charge in [-0.1, -0.05) is 0 Å². The summed E-state index contributed by atoms with van der Waals surface area (Å²) < 4.78 is 25.5. The number of benzene rings is 2. The Morgan fingerprint density at radius 3 is 2.53 bits per heavy atom. The van der Waals surface area contributed by atoms with Crippen LogP contribution in [0, 0.1) is 5.82 Å². The van der Waals surface area contributed by atoms with E-state index in [4.69, 9.17) is 9.47 Å². The number of halogens is 1. The molecule has 2 aromatic carbocycles. The van der Waals surface area contributed by atoms with Gasteiger partial charge in [-0.25, -0.2) is 13.9 Å². The van der Waals surface area contributed by atoms with Crippen molar-refractivity contribution in [3.8, 4) is 5.69 Å². The van der Waals surface area contributed by atoms with Crippen LogP contribution in [0.1, 0.15) is 38.5 Å². The molecule has 1 aromatic heterocycles. The molecule has 3 aromatic rings. The monoisotopic (exact) mass is 464 g/mol. The maximum absolute atomic E-state index is 13.4. The molecule has 1 fully saturated rings. The molecule has 2 heterocycles. The standard InChI is InChI=1S/C25H25FN4O4/c1-33-25(32)20-15-18(29-11-13-34-14-12-29)9-10-21(20)27-24(31)23-19-3-2-4-22(19)30(28-23)17-7-5-16(26)6-8-17/h5-10,15H,2-4,11-14H2,1H3,(H,27,31). The predicted molar refractivity (Wildman–Crippen MR) is 124 cm³/mol. The van der Waals surface area contributed by atoms with Crippen molar-refractivity contribution in [2.75, 3.05) is 43.6 Å². The van der Waals surface area contributed by atoms with E-state index in [1.165, 1.54) is 19.2 Å². The number of ether oxygens (including phenoxy) is 2. The minimum atomic E-state index is -0.535. The normalized spacial score (nSPS) is 15.2. The third-order valence-electron chi connectivity index (χ3n) is 6.25. The fourth-order valence-corrected chi connectivity index (χ4v) is 4.54. The first-order valence-corrected chi connectivity index (χ1v) is 11.3. The molecule has 0 bridgehead atoms. The van der Waals surface area contributed by atoms with Crippen LogP contribution in [0.2, 0.25) is 0 Å². The molecule has 1 aliphatic carbocycles. The SMILES string of the molecule is COC(=O)c1cc(N2CCOCC2)ccc1NC(=O)c1nn(-c2ccc(F)cc2)c2c1CCC2. The summed E-state index contributed by atoms with van der Waals surface area (Å²) >= 11 is 0.